The van der Waals surface area contributed by atoms with Crippen LogP contribution in [0.5, 0.6) is 5.75 Å². The Balaban J connectivity index is 1.84. The minimum absolute atomic E-state index is 0.164. The molecule has 1 aromatic heterocycles. The molecule has 3 aromatic carbocycles. The number of benzene rings is 3. The van der Waals surface area contributed by atoms with Gasteiger partial charge in [0.25, 0.3) is 0 Å². The van der Waals surface area contributed by atoms with Crippen molar-refractivity contribution in [1.82, 2.24) is 4.98 Å². The van der Waals surface area contributed by atoms with E-state index in [-0.39, 0.29) is 11.5 Å². The number of fused-ring (bicyclic) bond motifs is 6. The Morgan fingerprint density at radius 3 is 2.68 bits per heavy atom. The van der Waals surface area contributed by atoms with Crippen molar-refractivity contribution in [3.8, 4) is 16.9 Å². The van der Waals surface area contributed by atoms with Gasteiger partial charge >= 0.3 is 0 Å². The third-order valence-electron chi connectivity index (χ3n) is 6.98. The normalized spacial score (nSPS) is 17.8. The number of aryl methyl sites for hydroxylation is 1. The average molecular weight is 493 g/mol. The summed E-state index contributed by atoms with van der Waals surface area (Å²) in [5.41, 5.74) is 5.07. The maximum atomic E-state index is 12.6. The van der Waals surface area contributed by atoms with E-state index in [9.17, 15) is 9.90 Å². The number of hydrogen-bond donors (Lipinski definition) is 2. The molecule has 0 fully saturated rings. The Hall–Kier alpha value is -3.96. The van der Waals surface area contributed by atoms with Crippen LogP contribution in [0.1, 0.15) is 43.0 Å². The van der Waals surface area contributed by atoms with Crippen LogP contribution in [0.3, 0.4) is 0 Å². The molecule has 6 bridgehead atoms. The Kier molecular flexibility index (Phi) is 6.57. The van der Waals surface area contributed by atoms with Crippen LogP contribution in [0.2, 0.25) is 0 Å². The van der Waals surface area contributed by atoms with Crippen LogP contribution in [0, 0.1) is 12.8 Å². The highest BCUT2D eigenvalue weighted by atomic mass is 16.5. The molecule has 0 aliphatic carbocycles. The first-order valence-electron chi connectivity index (χ1n) is 12.7. The molecule has 5 rings (SSSR count). The van der Waals surface area contributed by atoms with Crippen molar-refractivity contribution in [2.45, 2.75) is 39.7 Å². The lowest BCUT2D eigenvalue weighted by atomic mass is 9.79. The topological polar surface area (TPSA) is 74.7 Å². The molecule has 0 amide bonds. The number of nitrogens with one attached hydrogen (secondary N) is 1. The minimum Gasteiger partial charge on any atom is -0.493 e. The lowest BCUT2D eigenvalue weighted by Crippen LogP contribution is -2.29. The molecule has 37 heavy (non-hydrogen) atoms. The van der Waals surface area contributed by atoms with Crippen molar-refractivity contribution in [2.75, 3.05) is 6.61 Å². The Morgan fingerprint density at radius 1 is 1.08 bits per heavy atom. The molecule has 188 valence electrons. The van der Waals surface area contributed by atoms with Crippen LogP contribution < -0.4 is 10.3 Å². The number of ether oxygens (including phenoxy) is 1. The molecule has 0 spiro atoms. The number of aromatic nitrogens is 1. The van der Waals surface area contributed by atoms with Gasteiger partial charge in [0.2, 0.25) is 5.56 Å². The highest BCUT2D eigenvalue weighted by Crippen LogP contribution is 2.41. The molecule has 0 saturated heterocycles. The smallest absolute Gasteiger partial charge is 0.249 e. The Bertz CT molecular complexity index is 1600. The fraction of sp³-hybridized carbons (Fsp3) is 0.250. The van der Waals surface area contributed by atoms with E-state index < -0.39 is 5.60 Å². The van der Waals surface area contributed by atoms with Gasteiger partial charge < -0.3 is 14.8 Å². The monoisotopic (exact) mass is 492 g/mol. The number of aliphatic imine (C=N–C) groups is 1. The van der Waals surface area contributed by atoms with E-state index in [1.54, 1.807) is 12.3 Å². The second-order valence-corrected chi connectivity index (χ2v) is 10.2. The lowest BCUT2D eigenvalue weighted by molar-refractivity contribution is 0.120. The predicted octanol–water partition coefficient (Wildman–Crippen LogP) is 6.30. The summed E-state index contributed by atoms with van der Waals surface area (Å²) in [6, 6.07) is 21.4. The second kappa shape index (κ2) is 9.83. The highest BCUT2D eigenvalue weighted by molar-refractivity contribution is 5.95. The van der Waals surface area contributed by atoms with Crippen molar-refractivity contribution < 1.29 is 9.84 Å². The van der Waals surface area contributed by atoms with E-state index in [0.29, 0.717) is 23.3 Å². The number of aromatic amines is 1. The van der Waals surface area contributed by atoms with Gasteiger partial charge in [0.05, 0.1) is 6.61 Å². The molecule has 1 atom stereocenters. The van der Waals surface area contributed by atoms with Gasteiger partial charge in [-0.15, -0.1) is 0 Å². The van der Waals surface area contributed by atoms with Crippen molar-refractivity contribution in [1.29, 1.82) is 0 Å². The van der Waals surface area contributed by atoms with E-state index in [1.165, 1.54) is 0 Å². The summed E-state index contributed by atoms with van der Waals surface area (Å²) in [6.07, 6.45) is 4.30. The molecule has 2 N–H and O–H groups in total. The Morgan fingerprint density at radius 2 is 1.86 bits per heavy atom. The molecule has 0 saturated carbocycles. The van der Waals surface area contributed by atoms with Crippen molar-refractivity contribution in [2.24, 2.45) is 10.9 Å². The van der Waals surface area contributed by atoms with Crippen molar-refractivity contribution >= 4 is 17.1 Å². The van der Waals surface area contributed by atoms with E-state index >= 15 is 0 Å². The third kappa shape index (κ3) is 4.75. The van der Waals surface area contributed by atoms with Crippen LogP contribution in [0.4, 0.5) is 0 Å². The number of nitrogens with zero attached hydrogens (tertiary/aromatic N) is 1. The van der Waals surface area contributed by atoms with E-state index in [2.05, 4.69) is 36.0 Å². The summed E-state index contributed by atoms with van der Waals surface area (Å²) in [6.45, 7) is 8.52. The molecule has 5 nitrogen and oxygen atoms in total. The zero-order valence-corrected chi connectivity index (χ0v) is 21.7. The maximum absolute atomic E-state index is 12.6. The van der Waals surface area contributed by atoms with Crippen LogP contribution in [-0.2, 0) is 12.0 Å². The first kappa shape index (κ1) is 24.7. The average Bonchev–Trinajstić information content (AvgIpc) is 2.88. The fourth-order valence-corrected chi connectivity index (χ4v) is 4.91. The maximum Gasteiger partial charge on any atom is 0.249 e. The summed E-state index contributed by atoms with van der Waals surface area (Å²) in [7, 11) is 0. The third-order valence-corrected chi connectivity index (χ3v) is 6.98. The molecule has 1 aliphatic rings. The summed E-state index contributed by atoms with van der Waals surface area (Å²) < 4.78 is 6.22. The number of hydrogen-bond acceptors (Lipinski definition) is 4. The predicted molar refractivity (Wildman–Crippen MR) is 150 cm³/mol. The summed E-state index contributed by atoms with van der Waals surface area (Å²) in [5.74, 6) is 1.03. The van der Waals surface area contributed by atoms with E-state index in [1.807, 2.05) is 68.6 Å². The zero-order chi connectivity index (χ0) is 26.2. The van der Waals surface area contributed by atoms with Gasteiger partial charge in [-0.25, -0.2) is 0 Å². The SMILES string of the molecule is C/C(=C\N=C/C(C)C)C1(O)c2ccc(C)c(c2)OCCc2cccc(c2)-c2cc(=O)[nH]c3ccc1cc23. The van der Waals surface area contributed by atoms with Gasteiger partial charge in [-0.3, -0.25) is 9.79 Å². The molecule has 2 heterocycles. The number of H-pyrrole nitrogens is 1. The minimum atomic E-state index is -1.46. The largest absolute Gasteiger partial charge is 0.493 e. The van der Waals surface area contributed by atoms with Crippen LogP contribution in [0.25, 0.3) is 22.0 Å². The van der Waals surface area contributed by atoms with Crippen molar-refractivity contribution in [3.63, 3.8) is 0 Å². The first-order valence-corrected chi connectivity index (χ1v) is 12.7. The molecular weight excluding hydrogens is 460 g/mol. The van der Waals surface area contributed by atoms with Crippen LogP contribution >= 0.6 is 0 Å². The molecule has 1 unspecified atom stereocenters. The fourth-order valence-electron chi connectivity index (χ4n) is 4.91. The summed E-state index contributed by atoms with van der Waals surface area (Å²) >= 11 is 0. The first-order chi connectivity index (χ1) is 17.8. The van der Waals surface area contributed by atoms with Gasteiger partial charge in [0, 0.05) is 35.8 Å². The van der Waals surface area contributed by atoms with Crippen LogP contribution in [0.15, 0.2) is 88.3 Å². The van der Waals surface area contributed by atoms with E-state index in [4.69, 9.17) is 4.74 Å². The number of pyridine rings is 1. The van der Waals surface area contributed by atoms with Gasteiger partial charge in [0.15, 0.2) is 0 Å². The summed E-state index contributed by atoms with van der Waals surface area (Å²) in [4.78, 5) is 20.0. The Labute approximate surface area is 217 Å². The van der Waals surface area contributed by atoms with Gasteiger partial charge in [0.1, 0.15) is 11.4 Å². The highest BCUT2D eigenvalue weighted by Gasteiger charge is 2.35. The van der Waals surface area contributed by atoms with Crippen LogP contribution in [-0.4, -0.2) is 22.9 Å². The number of aliphatic hydroxyl groups is 1. The zero-order valence-electron chi connectivity index (χ0n) is 21.7. The molecule has 0 radical (unpaired) electrons. The molecule has 5 heteroatoms. The quantitative estimate of drug-likeness (QED) is 0.329. The lowest BCUT2D eigenvalue weighted by Gasteiger charge is -2.31. The molecule has 4 aromatic rings. The second-order valence-electron chi connectivity index (χ2n) is 10.2. The van der Waals surface area contributed by atoms with E-state index in [0.717, 1.165) is 45.3 Å². The molecule has 1 aliphatic heterocycles. The number of rotatable bonds is 3. The van der Waals surface area contributed by atoms with Crippen molar-refractivity contribution in [3.05, 3.63) is 111 Å². The van der Waals surface area contributed by atoms with Gasteiger partial charge in [-0.05, 0) is 76.9 Å². The summed E-state index contributed by atoms with van der Waals surface area (Å²) in [5, 5.41) is 13.4. The molecular formula is C32H32N2O3. The van der Waals surface area contributed by atoms with Gasteiger partial charge in [-0.2, -0.15) is 0 Å². The van der Waals surface area contributed by atoms with Gasteiger partial charge in [-0.1, -0.05) is 56.3 Å². The standard InChI is InChI=1S/C32H32N2O3/c1-20(2)18-33-19-22(4)32(36)25-10-11-29-28(15-25)27(17-31(35)34-29)24-7-5-6-23(14-24)12-13-37-30-16-26(32)9-8-21(30)3/h5-11,14-20,36H,12-13H2,1-4H3,(H,34,35)/b22-19+,33-18-.